The lowest BCUT2D eigenvalue weighted by Crippen LogP contribution is -2.44. The molecule has 1 aromatic rings. The summed E-state index contributed by atoms with van der Waals surface area (Å²) < 4.78 is 0. The van der Waals surface area contributed by atoms with Crippen LogP contribution < -0.4 is 0 Å². The summed E-state index contributed by atoms with van der Waals surface area (Å²) in [6, 6.07) is 10.5. The molecule has 0 bridgehead atoms. The van der Waals surface area contributed by atoms with E-state index in [9.17, 15) is 4.79 Å². The van der Waals surface area contributed by atoms with Crippen LogP contribution >= 0.6 is 11.8 Å². The number of thioether (sulfide) groups is 1. The van der Waals surface area contributed by atoms with Gasteiger partial charge in [0, 0.05) is 11.9 Å². The molecule has 0 aliphatic carbocycles. The second kappa shape index (κ2) is 6.53. The molecule has 1 amide bonds. The van der Waals surface area contributed by atoms with Crippen LogP contribution in [0.4, 0.5) is 0 Å². The summed E-state index contributed by atoms with van der Waals surface area (Å²) in [6.45, 7) is 10.0. The summed E-state index contributed by atoms with van der Waals surface area (Å²) in [5, 5.41) is 9.05. The number of rotatable bonds is 4. The van der Waals surface area contributed by atoms with Crippen molar-refractivity contribution in [2.75, 3.05) is 12.8 Å². The Labute approximate surface area is 132 Å². The molecule has 3 nitrogen and oxygen atoms in total. The van der Waals surface area contributed by atoms with Crippen molar-refractivity contribution in [2.45, 2.75) is 50.5 Å². The van der Waals surface area contributed by atoms with Crippen LogP contribution in [0, 0.1) is 11.3 Å². The Morgan fingerprint density at radius 2 is 1.71 bits per heavy atom. The van der Waals surface area contributed by atoms with Crippen molar-refractivity contribution >= 4 is 17.7 Å². The van der Waals surface area contributed by atoms with E-state index in [2.05, 4.69) is 39.0 Å². The Morgan fingerprint density at radius 3 is 2.14 bits per heavy atom. The molecule has 21 heavy (non-hydrogen) atoms. The maximum atomic E-state index is 12.1. The van der Waals surface area contributed by atoms with E-state index in [4.69, 9.17) is 5.26 Å². The number of hydrogen-bond acceptors (Lipinski definition) is 3. The minimum absolute atomic E-state index is 0.0357. The zero-order valence-corrected chi connectivity index (χ0v) is 14.5. The quantitative estimate of drug-likeness (QED) is 0.794. The van der Waals surface area contributed by atoms with Crippen LogP contribution in [0.2, 0.25) is 0 Å². The highest BCUT2D eigenvalue weighted by Crippen LogP contribution is 2.26. The molecule has 4 heteroatoms. The van der Waals surface area contributed by atoms with E-state index in [1.807, 2.05) is 12.1 Å². The Morgan fingerprint density at radius 1 is 1.19 bits per heavy atom. The van der Waals surface area contributed by atoms with Gasteiger partial charge in [0.25, 0.3) is 0 Å². The maximum absolute atomic E-state index is 12.1. The predicted molar refractivity (Wildman–Crippen MR) is 88.3 cm³/mol. The van der Waals surface area contributed by atoms with Crippen LogP contribution in [0.3, 0.4) is 0 Å². The van der Waals surface area contributed by atoms with Gasteiger partial charge in [-0.1, -0.05) is 32.9 Å². The molecule has 1 rings (SSSR count). The van der Waals surface area contributed by atoms with Gasteiger partial charge in [-0.05, 0) is 37.0 Å². The first-order valence-electron chi connectivity index (χ1n) is 6.99. The van der Waals surface area contributed by atoms with E-state index in [1.54, 1.807) is 20.9 Å². The number of amides is 1. The molecule has 0 aromatic heterocycles. The van der Waals surface area contributed by atoms with Gasteiger partial charge in [-0.25, -0.2) is 0 Å². The van der Waals surface area contributed by atoms with Gasteiger partial charge in [-0.15, -0.1) is 11.8 Å². The van der Waals surface area contributed by atoms with Crippen molar-refractivity contribution in [2.24, 2.45) is 0 Å². The largest absolute Gasteiger partial charge is 0.327 e. The monoisotopic (exact) mass is 304 g/mol. The third-order valence-corrected chi connectivity index (χ3v) is 4.57. The molecule has 0 saturated carbocycles. The number of carbonyl (C=O) groups is 1. The first kappa shape index (κ1) is 17.6. The van der Waals surface area contributed by atoms with Crippen LogP contribution in [0.25, 0.3) is 0 Å². The Bertz CT molecular complexity index is 535. The fraction of sp³-hybridized carbons (Fsp3) is 0.529. The molecule has 1 aromatic carbocycles. The number of nitriles is 1. The lowest BCUT2D eigenvalue weighted by Gasteiger charge is -2.29. The molecule has 0 spiro atoms. The van der Waals surface area contributed by atoms with Gasteiger partial charge in [0.2, 0.25) is 5.91 Å². The molecule has 0 saturated heterocycles. The molecular weight excluding hydrogens is 280 g/mol. The van der Waals surface area contributed by atoms with E-state index < -0.39 is 5.54 Å². The Kier molecular flexibility index (Phi) is 5.47. The van der Waals surface area contributed by atoms with Gasteiger partial charge in [-0.2, -0.15) is 5.26 Å². The number of benzene rings is 1. The summed E-state index contributed by atoms with van der Waals surface area (Å²) in [6.07, 6.45) is 0. The third kappa shape index (κ3) is 4.78. The smallest absolute Gasteiger partial charge is 0.233 e. The predicted octanol–water partition coefficient (Wildman–Crippen LogP) is 3.84. The van der Waals surface area contributed by atoms with Crippen LogP contribution in [0.5, 0.6) is 0 Å². The van der Waals surface area contributed by atoms with E-state index in [-0.39, 0.29) is 11.3 Å². The van der Waals surface area contributed by atoms with E-state index >= 15 is 0 Å². The minimum atomic E-state index is -0.770. The molecule has 0 atom stereocenters. The van der Waals surface area contributed by atoms with Crippen LogP contribution in [0.1, 0.15) is 40.2 Å². The third-order valence-electron chi connectivity index (χ3n) is 3.57. The van der Waals surface area contributed by atoms with Crippen molar-refractivity contribution in [1.29, 1.82) is 5.26 Å². The molecular formula is C17H24N2OS. The zero-order valence-electron chi connectivity index (χ0n) is 13.7. The molecule has 114 valence electrons. The van der Waals surface area contributed by atoms with Gasteiger partial charge in [0.15, 0.2) is 0 Å². The summed E-state index contributed by atoms with van der Waals surface area (Å²) in [5.41, 5.74) is 0.643. The summed E-state index contributed by atoms with van der Waals surface area (Å²) in [4.78, 5) is 14.7. The second-order valence-electron chi connectivity index (χ2n) is 6.69. The zero-order chi connectivity index (χ0) is 16.3. The summed E-state index contributed by atoms with van der Waals surface area (Å²) >= 11 is 1.50. The minimum Gasteiger partial charge on any atom is -0.327 e. The van der Waals surface area contributed by atoms with Crippen molar-refractivity contribution in [1.82, 2.24) is 4.90 Å². The number of nitrogens with zero attached hydrogens (tertiary/aromatic N) is 2. The van der Waals surface area contributed by atoms with Gasteiger partial charge in [0.05, 0.1) is 11.8 Å². The van der Waals surface area contributed by atoms with E-state index in [0.717, 1.165) is 4.90 Å². The summed E-state index contributed by atoms with van der Waals surface area (Å²) in [5.74, 6) is 0.308. The maximum Gasteiger partial charge on any atom is 0.233 e. The van der Waals surface area contributed by atoms with Crippen molar-refractivity contribution < 1.29 is 4.79 Å². The first-order chi connectivity index (χ1) is 9.58. The molecule has 0 radical (unpaired) electrons. The molecule has 0 aliphatic rings. The lowest BCUT2D eigenvalue weighted by molar-refractivity contribution is -0.130. The number of hydrogen-bond donors (Lipinski definition) is 0. The topological polar surface area (TPSA) is 44.1 Å². The van der Waals surface area contributed by atoms with Gasteiger partial charge >= 0.3 is 0 Å². The molecule has 0 aliphatic heterocycles. The fourth-order valence-corrected chi connectivity index (χ4v) is 2.49. The molecule has 0 fully saturated rings. The highest BCUT2D eigenvalue weighted by Gasteiger charge is 2.26. The van der Waals surface area contributed by atoms with Gasteiger partial charge < -0.3 is 4.90 Å². The van der Waals surface area contributed by atoms with E-state index in [1.165, 1.54) is 22.2 Å². The Hall–Kier alpha value is -1.47. The van der Waals surface area contributed by atoms with Crippen LogP contribution in [-0.4, -0.2) is 29.1 Å². The summed E-state index contributed by atoms with van der Waals surface area (Å²) in [7, 11) is 1.68. The molecule has 0 heterocycles. The van der Waals surface area contributed by atoms with Gasteiger partial charge in [-0.3, -0.25) is 4.79 Å². The highest BCUT2D eigenvalue weighted by molar-refractivity contribution is 8.00. The van der Waals surface area contributed by atoms with Crippen LogP contribution in [-0.2, 0) is 10.2 Å². The standard InChI is InChI=1S/C17H24N2OS/c1-16(2,3)13-7-9-14(10-8-13)21-11-15(20)19(6)17(4,5)12-18/h7-10H,11H2,1-6H3. The average Bonchev–Trinajstić information content (AvgIpc) is 2.43. The van der Waals surface area contributed by atoms with E-state index in [0.29, 0.717) is 5.75 Å². The normalized spacial score (nSPS) is 11.9. The van der Waals surface area contributed by atoms with Crippen molar-refractivity contribution in [3.05, 3.63) is 29.8 Å². The SMILES string of the molecule is CN(C(=O)CSc1ccc(C(C)(C)C)cc1)C(C)(C)C#N. The van der Waals surface area contributed by atoms with Crippen molar-refractivity contribution in [3.8, 4) is 6.07 Å². The highest BCUT2D eigenvalue weighted by atomic mass is 32.2. The van der Waals surface area contributed by atoms with Crippen molar-refractivity contribution in [3.63, 3.8) is 0 Å². The fourth-order valence-electron chi connectivity index (χ4n) is 1.68. The average molecular weight is 304 g/mol. The second-order valence-corrected chi connectivity index (χ2v) is 7.74. The Balaban J connectivity index is 2.64. The lowest BCUT2D eigenvalue weighted by atomic mass is 9.87. The number of carbonyl (C=O) groups excluding carboxylic acids is 1. The van der Waals surface area contributed by atoms with Crippen LogP contribution in [0.15, 0.2) is 29.2 Å². The molecule has 0 unspecified atom stereocenters. The first-order valence-corrected chi connectivity index (χ1v) is 7.98. The molecule has 0 N–H and O–H groups in total. The van der Waals surface area contributed by atoms with Gasteiger partial charge in [0.1, 0.15) is 5.54 Å².